The molecule has 0 spiro atoms. The molecule has 0 radical (unpaired) electrons. The lowest BCUT2D eigenvalue weighted by molar-refractivity contribution is -0.137. The molecule has 2 heterocycles. The van der Waals surface area contributed by atoms with Crippen molar-refractivity contribution in [2.45, 2.75) is 18.6 Å². The Morgan fingerprint density at radius 3 is 2.67 bits per heavy atom. The number of alkyl halides is 3. The van der Waals surface area contributed by atoms with Crippen LogP contribution in [-0.2, 0) is 6.18 Å². The van der Waals surface area contributed by atoms with Gasteiger partial charge in [0, 0.05) is 36.4 Å². The van der Waals surface area contributed by atoms with Crippen LogP contribution in [0.15, 0.2) is 35.8 Å². The summed E-state index contributed by atoms with van der Waals surface area (Å²) >= 11 is 1.54. The largest absolute Gasteiger partial charge is 0.416 e. The Bertz CT molecular complexity index is 688. The van der Waals surface area contributed by atoms with Crippen LogP contribution < -0.4 is 15.5 Å². The molecule has 128 valence electrons. The summed E-state index contributed by atoms with van der Waals surface area (Å²) < 4.78 is 37.5. The number of hydrogen-bond donors (Lipinski definition) is 2. The zero-order chi connectivity index (χ0) is 17.2. The molecule has 0 aliphatic carbocycles. The first-order valence-electron chi connectivity index (χ1n) is 7.31. The predicted octanol–water partition coefficient (Wildman–Crippen LogP) is 3.56. The SMILES string of the molecule is O=C(Nc1ccc(C(F)(F)F)cc1)NC1CCN(c2nccs2)C1. The lowest BCUT2D eigenvalue weighted by Crippen LogP contribution is -2.39. The van der Waals surface area contributed by atoms with Crippen LogP contribution in [0, 0.1) is 0 Å². The molecule has 3 rings (SSSR count). The number of nitrogens with zero attached hydrogens (tertiary/aromatic N) is 2. The molecule has 0 bridgehead atoms. The van der Waals surface area contributed by atoms with E-state index in [4.69, 9.17) is 0 Å². The van der Waals surface area contributed by atoms with Gasteiger partial charge in [-0.1, -0.05) is 0 Å². The zero-order valence-corrected chi connectivity index (χ0v) is 13.3. The minimum Gasteiger partial charge on any atom is -0.346 e. The van der Waals surface area contributed by atoms with Crippen molar-refractivity contribution in [1.29, 1.82) is 0 Å². The third-order valence-corrected chi connectivity index (χ3v) is 4.52. The molecular formula is C15H15F3N4OS. The number of aromatic nitrogens is 1. The van der Waals surface area contributed by atoms with Gasteiger partial charge < -0.3 is 15.5 Å². The minimum atomic E-state index is -4.38. The monoisotopic (exact) mass is 356 g/mol. The van der Waals surface area contributed by atoms with E-state index < -0.39 is 17.8 Å². The molecule has 1 unspecified atom stereocenters. The topological polar surface area (TPSA) is 57.3 Å². The molecule has 1 aromatic heterocycles. The zero-order valence-electron chi connectivity index (χ0n) is 12.5. The molecule has 2 N–H and O–H groups in total. The van der Waals surface area contributed by atoms with Crippen molar-refractivity contribution in [3.05, 3.63) is 41.4 Å². The number of amides is 2. The average Bonchev–Trinajstić information content (AvgIpc) is 3.17. The molecule has 1 saturated heterocycles. The average molecular weight is 356 g/mol. The Hall–Kier alpha value is -2.29. The maximum Gasteiger partial charge on any atom is 0.416 e. The van der Waals surface area contributed by atoms with Crippen LogP contribution in [0.4, 0.5) is 28.8 Å². The summed E-state index contributed by atoms with van der Waals surface area (Å²) in [5, 5.41) is 8.19. The molecule has 5 nitrogen and oxygen atoms in total. The Balaban J connectivity index is 1.51. The van der Waals surface area contributed by atoms with E-state index in [1.54, 1.807) is 17.5 Å². The van der Waals surface area contributed by atoms with Gasteiger partial charge in [0.15, 0.2) is 5.13 Å². The molecule has 2 amide bonds. The smallest absolute Gasteiger partial charge is 0.346 e. The van der Waals surface area contributed by atoms with Gasteiger partial charge in [-0.15, -0.1) is 11.3 Å². The molecular weight excluding hydrogens is 341 g/mol. The number of urea groups is 1. The normalized spacial score (nSPS) is 17.8. The van der Waals surface area contributed by atoms with Crippen molar-refractivity contribution in [2.75, 3.05) is 23.3 Å². The number of hydrogen-bond acceptors (Lipinski definition) is 4. The fraction of sp³-hybridized carbons (Fsp3) is 0.333. The molecule has 1 aromatic carbocycles. The van der Waals surface area contributed by atoms with Gasteiger partial charge in [-0.2, -0.15) is 13.2 Å². The molecule has 1 fully saturated rings. The molecule has 2 aromatic rings. The predicted molar refractivity (Wildman–Crippen MR) is 86.3 cm³/mol. The highest BCUT2D eigenvalue weighted by Crippen LogP contribution is 2.29. The number of anilines is 2. The first-order valence-corrected chi connectivity index (χ1v) is 8.19. The Labute approximate surface area is 140 Å². The van der Waals surface area contributed by atoms with Crippen LogP contribution >= 0.6 is 11.3 Å². The number of nitrogens with one attached hydrogen (secondary N) is 2. The molecule has 24 heavy (non-hydrogen) atoms. The number of benzene rings is 1. The van der Waals surface area contributed by atoms with Gasteiger partial charge in [-0.3, -0.25) is 0 Å². The second-order valence-corrected chi connectivity index (χ2v) is 6.29. The second kappa shape index (κ2) is 6.68. The summed E-state index contributed by atoms with van der Waals surface area (Å²) in [5.74, 6) is 0. The number of carbonyl (C=O) groups excluding carboxylic acids is 1. The Morgan fingerprint density at radius 1 is 1.29 bits per heavy atom. The van der Waals surface area contributed by atoms with Crippen molar-refractivity contribution in [1.82, 2.24) is 10.3 Å². The van der Waals surface area contributed by atoms with Gasteiger partial charge >= 0.3 is 12.2 Å². The van der Waals surface area contributed by atoms with Gasteiger partial charge in [0.2, 0.25) is 0 Å². The van der Waals surface area contributed by atoms with Crippen molar-refractivity contribution < 1.29 is 18.0 Å². The quantitative estimate of drug-likeness (QED) is 0.884. The van der Waals surface area contributed by atoms with Gasteiger partial charge in [0.05, 0.1) is 5.56 Å². The second-order valence-electron chi connectivity index (χ2n) is 5.42. The number of rotatable bonds is 3. The molecule has 1 atom stereocenters. The third kappa shape index (κ3) is 3.97. The Kier molecular flexibility index (Phi) is 4.61. The van der Waals surface area contributed by atoms with Crippen LogP contribution in [-0.4, -0.2) is 30.1 Å². The van der Waals surface area contributed by atoms with E-state index in [2.05, 4.69) is 20.5 Å². The van der Waals surface area contributed by atoms with Crippen LogP contribution in [0.25, 0.3) is 0 Å². The first-order chi connectivity index (χ1) is 11.4. The number of carbonyl (C=O) groups is 1. The third-order valence-electron chi connectivity index (χ3n) is 3.68. The molecule has 1 aliphatic rings. The van der Waals surface area contributed by atoms with Gasteiger partial charge in [0.25, 0.3) is 0 Å². The summed E-state index contributed by atoms with van der Waals surface area (Å²) in [6.07, 6.45) is -1.86. The van der Waals surface area contributed by atoms with Gasteiger partial charge in [-0.05, 0) is 30.7 Å². The first kappa shape index (κ1) is 16.6. The van der Waals surface area contributed by atoms with E-state index in [0.717, 1.165) is 30.2 Å². The highest BCUT2D eigenvalue weighted by molar-refractivity contribution is 7.13. The van der Waals surface area contributed by atoms with E-state index in [0.29, 0.717) is 12.2 Å². The van der Waals surface area contributed by atoms with E-state index in [1.165, 1.54) is 12.1 Å². The van der Waals surface area contributed by atoms with Crippen molar-refractivity contribution in [3.63, 3.8) is 0 Å². The highest BCUT2D eigenvalue weighted by atomic mass is 32.1. The summed E-state index contributed by atoms with van der Waals surface area (Å²) in [6, 6.07) is 3.90. The van der Waals surface area contributed by atoms with Crippen LogP contribution in [0.3, 0.4) is 0 Å². The highest BCUT2D eigenvalue weighted by Gasteiger charge is 2.30. The number of thiazole rings is 1. The lowest BCUT2D eigenvalue weighted by atomic mass is 10.2. The summed E-state index contributed by atoms with van der Waals surface area (Å²) in [4.78, 5) is 18.3. The Morgan fingerprint density at radius 2 is 2.04 bits per heavy atom. The fourth-order valence-electron chi connectivity index (χ4n) is 2.52. The minimum absolute atomic E-state index is 0.0247. The maximum absolute atomic E-state index is 12.5. The lowest BCUT2D eigenvalue weighted by Gasteiger charge is -2.16. The van der Waals surface area contributed by atoms with Crippen LogP contribution in [0.2, 0.25) is 0 Å². The van der Waals surface area contributed by atoms with Gasteiger partial charge in [-0.25, -0.2) is 9.78 Å². The van der Waals surface area contributed by atoms with E-state index in [9.17, 15) is 18.0 Å². The van der Waals surface area contributed by atoms with E-state index in [-0.39, 0.29) is 6.04 Å². The van der Waals surface area contributed by atoms with Crippen molar-refractivity contribution >= 4 is 28.2 Å². The van der Waals surface area contributed by atoms with Gasteiger partial charge in [0.1, 0.15) is 0 Å². The number of halogens is 3. The molecule has 1 aliphatic heterocycles. The van der Waals surface area contributed by atoms with E-state index in [1.807, 2.05) is 5.38 Å². The van der Waals surface area contributed by atoms with Crippen LogP contribution in [0.1, 0.15) is 12.0 Å². The van der Waals surface area contributed by atoms with E-state index >= 15 is 0 Å². The summed E-state index contributed by atoms with van der Waals surface area (Å²) in [5.41, 5.74) is -0.432. The maximum atomic E-state index is 12.5. The van der Waals surface area contributed by atoms with Crippen molar-refractivity contribution in [3.8, 4) is 0 Å². The van der Waals surface area contributed by atoms with Crippen molar-refractivity contribution in [2.24, 2.45) is 0 Å². The fourth-order valence-corrected chi connectivity index (χ4v) is 3.20. The summed E-state index contributed by atoms with van der Waals surface area (Å²) in [6.45, 7) is 1.46. The molecule has 0 saturated carbocycles. The standard InChI is InChI=1S/C15H15F3N4OS/c16-15(17,18)10-1-3-11(4-2-10)20-13(23)21-12-5-7-22(9-12)14-19-6-8-24-14/h1-4,6,8,12H,5,7,9H2,(H2,20,21,23). The van der Waals surface area contributed by atoms with Crippen LogP contribution in [0.5, 0.6) is 0 Å². The summed E-state index contributed by atoms with van der Waals surface area (Å²) in [7, 11) is 0. The molecule has 9 heteroatoms.